The highest BCUT2D eigenvalue weighted by molar-refractivity contribution is 5.78. The third-order valence-corrected chi connectivity index (χ3v) is 3.01. The highest BCUT2D eigenvalue weighted by Gasteiger charge is 2.15. The van der Waals surface area contributed by atoms with Gasteiger partial charge < -0.3 is 14.4 Å². The molecule has 5 nitrogen and oxygen atoms in total. The van der Waals surface area contributed by atoms with Crippen LogP contribution in [-0.2, 0) is 25.6 Å². The van der Waals surface area contributed by atoms with Gasteiger partial charge in [-0.25, -0.2) is 0 Å². The summed E-state index contributed by atoms with van der Waals surface area (Å²) in [6, 6.07) is 7.96. The highest BCUT2D eigenvalue weighted by Crippen LogP contribution is 2.08. The molecule has 0 fully saturated rings. The minimum Gasteiger partial charge on any atom is -0.466 e. The Morgan fingerprint density at radius 3 is 2.43 bits per heavy atom. The van der Waals surface area contributed by atoms with Gasteiger partial charge >= 0.3 is 5.97 Å². The summed E-state index contributed by atoms with van der Waals surface area (Å²) < 4.78 is 9.78. The monoisotopic (exact) mass is 293 g/mol. The first-order chi connectivity index (χ1) is 10.1. The summed E-state index contributed by atoms with van der Waals surface area (Å²) in [5.74, 6) is -0.431. The Kier molecular flexibility index (Phi) is 7.46. The van der Waals surface area contributed by atoms with E-state index in [4.69, 9.17) is 9.47 Å². The molecule has 1 aromatic rings. The normalized spacial score (nSPS) is 10.2. The number of aryl methyl sites for hydroxylation is 1. The summed E-state index contributed by atoms with van der Waals surface area (Å²) in [5, 5.41) is 0. The van der Waals surface area contributed by atoms with Gasteiger partial charge in [0.15, 0.2) is 0 Å². The molecule has 21 heavy (non-hydrogen) atoms. The lowest BCUT2D eigenvalue weighted by atomic mass is 10.1. The maximum Gasteiger partial charge on any atom is 0.307 e. The zero-order valence-electron chi connectivity index (χ0n) is 12.9. The van der Waals surface area contributed by atoms with Crippen LogP contribution in [0.3, 0.4) is 0 Å². The average Bonchev–Trinajstić information content (AvgIpc) is 2.46. The number of nitrogens with zero attached hydrogens (tertiary/aromatic N) is 1. The van der Waals surface area contributed by atoms with Crippen molar-refractivity contribution in [2.45, 2.75) is 26.8 Å². The average molecular weight is 293 g/mol. The van der Waals surface area contributed by atoms with Gasteiger partial charge in [0.1, 0.15) is 6.61 Å². The van der Waals surface area contributed by atoms with Crippen molar-refractivity contribution >= 4 is 11.9 Å². The van der Waals surface area contributed by atoms with Gasteiger partial charge in [-0.2, -0.15) is 0 Å². The number of carbonyl (C=O) groups is 2. The Balaban J connectivity index is 2.65. The molecule has 0 saturated heterocycles. The summed E-state index contributed by atoms with van der Waals surface area (Å²) in [6.45, 7) is 4.92. The van der Waals surface area contributed by atoms with E-state index in [9.17, 15) is 9.59 Å². The van der Waals surface area contributed by atoms with E-state index in [2.05, 4.69) is 0 Å². The third kappa shape index (κ3) is 6.40. The molecule has 0 unspecified atom stereocenters. The van der Waals surface area contributed by atoms with E-state index < -0.39 is 0 Å². The maximum atomic E-state index is 12.0. The number of esters is 1. The molecule has 0 saturated carbocycles. The van der Waals surface area contributed by atoms with Gasteiger partial charge in [-0.05, 0) is 19.4 Å². The summed E-state index contributed by atoms with van der Waals surface area (Å²) in [7, 11) is 1.48. The van der Waals surface area contributed by atoms with Gasteiger partial charge in [0.05, 0.1) is 13.0 Å². The summed E-state index contributed by atoms with van der Waals surface area (Å²) in [6.07, 6.45) is 0.190. The topological polar surface area (TPSA) is 55.8 Å². The van der Waals surface area contributed by atoms with Crippen LogP contribution in [0, 0.1) is 6.92 Å². The Morgan fingerprint density at radius 2 is 1.86 bits per heavy atom. The van der Waals surface area contributed by atoms with E-state index in [1.165, 1.54) is 12.7 Å². The fourth-order valence-electron chi connectivity index (χ4n) is 1.88. The first kappa shape index (κ1) is 17.2. The molecule has 0 aliphatic heterocycles. The van der Waals surface area contributed by atoms with Gasteiger partial charge in [0.25, 0.3) is 0 Å². The van der Waals surface area contributed by atoms with Crippen LogP contribution in [-0.4, -0.2) is 43.6 Å². The van der Waals surface area contributed by atoms with Gasteiger partial charge in [-0.15, -0.1) is 0 Å². The zero-order chi connectivity index (χ0) is 15.7. The standard InChI is InChI=1S/C16H23NO4/c1-4-21-16(19)9-10-17(15(18)12-20-3)11-14-7-5-13(2)6-8-14/h5-8H,4,9-12H2,1-3H3. The number of methoxy groups -OCH3 is 1. The van der Waals surface area contributed by atoms with Gasteiger partial charge in [0.2, 0.25) is 5.91 Å². The molecule has 0 spiro atoms. The van der Waals surface area contributed by atoms with Crippen LogP contribution >= 0.6 is 0 Å². The predicted octanol–water partition coefficient (Wildman–Crippen LogP) is 1.92. The minimum atomic E-state index is -0.295. The molecule has 0 aliphatic carbocycles. The molecule has 1 aromatic carbocycles. The molecule has 0 aliphatic rings. The lowest BCUT2D eigenvalue weighted by Crippen LogP contribution is -2.35. The number of rotatable bonds is 8. The molecule has 0 bridgehead atoms. The molecule has 5 heteroatoms. The largest absolute Gasteiger partial charge is 0.466 e. The zero-order valence-corrected chi connectivity index (χ0v) is 12.9. The van der Waals surface area contributed by atoms with E-state index in [1.807, 2.05) is 31.2 Å². The number of amides is 1. The smallest absolute Gasteiger partial charge is 0.307 e. The Labute approximate surface area is 125 Å². The number of benzene rings is 1. The Morgan fingerprint density at radius 1 is 1.19 bits per heavy atom. The Bertz CT molecular complexity index is 456. The van der Waals surface area contributed by atoms with Crippen LogP contribution in [0.5, 0.6) is 0 Å². The van der Waals surface area contributed by atoms with Gasteiger partial charge in [0, 0.05) is 20.2 Å². The molecule has 0 atom stereocenters. The molecule has 1 amide bonds. The predicted molar refractivity (Wildman–Crippen MR) is 79.7 cm³/mol. The van der Waals surface area contributed by atoms with Crippen molar-refractivity contribution < 1.29 is 19.1 Å². The van der Waals surface area contributed by atoms with Crippen LogP contribution in [0.4, 0.5) is 0 Å². The molecular weight excluding hydrogens is 270 g/mol. The van der Waals surface area contributed by atoms with Crippen LogP contribution < -0.4 is 0 Å². The molecule has 0 N–H and O–H groups in total. The van der Waals surface area contributed by atoms with Crippen LogP contribution in [0.25, 0.3) is 0 Å². The van der Waals surface area contributed by atoms with E-state index in [1.54, 1.807) is 11.8 Å². The maximum absolute atomic E-state index is 12.0. The Hall–Kier alpha value is -1.88. The fourth-order valence-corrected chi connectivity index (χ4v) is 1.88. The summed E-state index contributed by atoms with van der Waals surface area (Å²) in [5.41, 5.74) is 2.19. The molecule has 1 rings (SSSR count). The van der Waals surface area contributed by atoms with Crippen molar-refractivity contribution in [2.24, 2.45) is 0 Å². The summed E-state index contributed by atoms with van der Waals surface area (Å²) >= 11 is 0. The van der Waals surface area contributed by atoms with Crippen molar-refractivity contribution in [1.29, 1.82) is 0 Å². The van der Waals surface area contributed by atoms with E-state index in [-0.39, 0.29) is 24.9 Å². The lowest BCUT2D eigenvalue weighted by molar-refractivity contribution is -0.144. The van der Waals surface area contributed by atoms with E-state index in [0.717, 1.165) is 5.56 Å². The van der Waals surface area contributed by atoms with Gasteiger partial charge in [-0.3, -0.25) is 9.59 Å². The van der Waals surface area contributed by atoms with Crippen LogP contribution in [0.1, 0.15) is 24.5 Å². The summed E-state index contributed by atoms with van der Waals surface area (Å²) in [4.78, 5) is 25.1. The number of ether oxygens (including phenoxy) is 2. The second-order valence-corrected chi connectivity index (χ2v) is 4.79. The van der Waals surface area contributed by atoms with Crippen molar-refractivity contribution in [2.75, 3.05) is 26.9 Å². The van der Waals surface area contributed by atoms with Gasteiger partial charge in [-0.1, -0.05) is 29.8 Å². The van der Waals surface area contributed by atoms with E-state index in [0.29, 0.717) is 19.7 Å². The van der Waals surface area contributed by atoms with E-state index >= 15 is 0 Å². The lowest BCUT2D eigenvalue weighted by Gasteiger charge is -2.22. The molecule has 0 aromatic heterocycles. The second kappa shape index (κ2) is 9.13. The number of hydrogen-bond donors (Lipinski definition) is 0. The minimum absolute atomic E-state index is 0.00862. The third-order valence-electron chi connectivity index (χ3n) is 3.01. The van der Waals surface area contributed by atoms with Crippen molar-refractivity contribution in [3.8, 4) is 0 Å². The first-order valence-electron chi connectivity index (χ1n) is 7.04. The highest BCUT2D eigenvalue weighted by atomic mass is 16.5. The SMILES string of the molecule is CCOC(=O)CCN(Cc1ccc(C)cc1)C(=O)COC. The first-order valence-corrected chi connectivity index (χ1v) is 7.04. The molecule has 116 valence electrons. The molecule has 0 heterocycles. The number of hydrogen-bond acceptors (Lipinski definition) is 4. The number of carbonyl (C=O) groups excluding carboxylic acids is 2. The quantitative estimate of drug-likeness (QED) is 0.687. The molecule has 0 radical (unpaired) electrons. The van der Waals surface area contributed by atoms with Crippen molar-refractivity contribution in [3.05, 3.63) is 35.4 Å². The van der Waals surface area contributed by atoms with Crippen LogP contribution in [0.2, 0.25) is 0 Å². The van der Waals surface area contributed by atoms with Crippen molar-refractivity contribution in [3.63, 3.8) is 0 Å². The fraction of sp³-hybridized carbons (Fsp3) is 0.500. The molecular formula is C16H23NO4. The van der Waals surface area contributed by atoms with Crippen LogP contribution in [0.15, 0.2) is 24.3 Å². The van der Waals surface area contributed by atoms with Crippen molar-refractivity contribution in [1.82, 2.24) is 4.90 Å². The second-order valence-electron chi connectivity index (χ2n) is 4.79.